The lowest BCUT2D eigenvalue weighted by atomic mass is 9.99. The molecule has 2 N–H and O–H groups in total. The minimum Gasteiger partial charge on any atom is -0.349 e. The molecule has 1 aromatic heterocycles. The fourth-order valence-electron chi connectivity index (χ4n) is 2.73. The van der Waals surface area contributed by atoms with E-state index in [0.29, 0.717) is 6.54 Å². The molecule has 0 spiro atoms. The van der Waals surface area contributed by atoms with Crippen LogP contribution in [-0.2, 0) is 24.3 Å². The number of rotatable bonds is 4. The number of H-pyrrole nitrogens is 1. The van der Waals surface area contributed by atoms with E-state index in [1.54, 1.807) is 6.20 Å². The monoisotopic (exact) mass is 284 g/mol. The Bertz CT molecular complexity index is 608. The van der Waals surface area contributed by atoms with Crippen LogP contribution in [0.4, 0.5) is 0 Å². The Morgan fingerprint density at radius 2 is 2.19 bits per heavy atom. The van der Waals surface area contributed by atoms with Crippen LogP contribution in [0.2, 0.25) is 0 Å². The molecule has 1 aromatic carbocycles. The number of hydrogen-bond donors (Lipinski definition) is 2. The number of carbonyl (C=O) groups excluding carboxylic acids is 1. The van der Waals surface area contributed by atoms with Crippen LogP contribution in [0.3, 0.4) is 0 Å². The quantitative estimate of drug-likeness (QED) is 0.894. The summed E-state index contributed by atoms with van der Waals surface area (Å²) in [6.45, 7) is 4.23. The van der Waals surface area contributed by atoms with E-state index in [9.17, 15) is 4.79 Å². The zero-order chi connectivity index (χ0) is 14.7. The molecule has 0 bridgehead atoms. The van der Waals surface area contributed by atoms with Crippen LogP contribution in [-0.4, -0.2) is 33.6 Å². The molecule has 110 valence electrons. The van der Waals surface area contributed by atoms with Gasteiger partial charge in [0.05, 0.1) is 18.3 Å². The number of nitrogens with one attached hydrogen (secondary N) is 2. The minimum absolute atomic E-state index is 0.0592. The molecule has 1 aliphatic rings. The summed E-state index contributed by atoms with van der Waals surface area (Å²) in [5, 5.41) is 9.67. The third-order valence-corrected chi connectivity index (χ3v) is 4.10. The van der Waals surface area contributed by atoms with E-state index < -0.39 is 0 Å². The second kappa shape index (κ2) is 6.10. The topological polar surface area (TPSA) is 61.0 Å². The highest BCUT2D eigenvalue weighted by atomic mass is 16.2. The normalized spacial score (nSPS) is 16.2. The molecule has 0 unspecified atom stereocenters. The molecule has 21 heavy (non-hydrogen) atoms. The predicted octanol–water partition coefficient (Wildman–Crippen LogP) is 1.47. The van der Waals surface area contributed by atoms with E-state index >= 15 is 0 Å². The molecule has 2 heterocycles. The van der Waals surface area contributed by atoms with Crippen molar-refractivity contribution >= 4 is 5.91 Å². The van der Waals surface area contributed by atoms with E-state index in [2.05, 4.69) is 44.7 Å². The van der Waals surface area contributed by atoms with Gasteiger partial charge >= 0.3 is 0 Å². The smallest absolute Gasteiger partial charge is 0.237 e. The van der Waals surface area contributed by atoms with Crippen LogP contribution in [0.1, 0.15) is 23.7 Å². The van der Waals surface area contributed by atoms with Crippen molar-refractivity contribution in [3.8, 4) is 0 Å². The van der Waals surface area contributed by atoms with Gasteiger partial charge in [-0.15, -0.1) is 0 Å². The van der Waals surface area contributed by atoms with Crippen molar-refractivity contribution < 1.29 is 4.79 Å². The van der Waals surface area contributed by atoms with Crippen molar-refractivity contribution in [2.45, 2.75) is 32.5 Å². The standard InChI is InChI=1S/C16H20N4O/c1-12(16(21)17-10-15-6-8-18-19-15)20-9-7-13-4-2-3-5-14(13)11-20/h2-6,8,12H,7,9-11H2,1H3,(H,17,21)(H,18,19)/t12-/m0/s1. The number of nitrogens with zero attached hydrogens (tertiary/aromatic N) is 2. The number of fused-ring (bicyclic) bond motifs is 1. The van der Waals surface area contributed by atoms with Crippen molar-refractivity contribution in [3.63, 3.8) is 0 Å². The molecule has 2 aromatic rings. The number of amides is 1. The number of aromatic amines is 1. The summed E-state index contributed by atoms with van der Waals surface area (Å²) < 4.78 is 0. The molecule has 1 amide bonds. The second-order valence-electron chi connectivity index (χ2n) is 5.46. The third kappa shape index (κ3) is 3.13. The Labute approximate surface area is 124 Å². The summed E-state index contributed by atoms with van der Waals surface area (Å²) in [5.74, 6) is 0.0592. The maximum Gasteiger partial charge on any atom is 0.237 e. The molecule has 0 radical (unpaired) electrons. The maximum absolute atomic E-state index is 12.3. The van der Waals surface area contributed by atoms with Gasteiger partial charge in [-0.2, -0.15) is 5.10 Å². The molecule has 5 heteroatoms. The number of hydrogen-bond acceptors (Lipinski definition) is 3. The molecule has 1 atom stereocenters. The first-order valence-corrected chi connectivity index (χ1v) is 7.31. The minimum atomic E-state index is -0.124. The fraction of sp³-hybridized carbons (Fsp3) is 0.375. The first kappa shape index (κ1) is 13.8. The van der Waals surface area contributed by atoms with Crippen molar-refractivity contribution in [3.05, 3.63) is 53.3 Å². The molecule has 0 saturated heterocycles. The van der Waals surface area contributed by atoms with Gasteiger partial charge in [-0.1, -0.05) is 24.3 Å². The Hall–Kier alpha value is -2.14. The largest absolute Gasteiger partial charge is 0.349 e. The van der Waals surface area contributed by atoms with E-state index in [-0.39, 0.29) is 11.9 Å². The molecule has 0 aliphatic carbocycles. The summed E-state index contributed by atoms with van der Waals surface area (Å²) in [6.07, 6.45) is 2.70. The zero-order valence-corrected chi connectivity index (χ0v) is 12.2. The molecule has 5 nitrogen and oxygen atoms in total. The van der Waals surface area contributed by atoms with E-state index in [1.165, 1.54) is 11.1 Å². The van der Waals surface area contributed by atoms with Gasteiger partial charge in [0.1, 0.15) is 0 Å². The highest BCUT2D eigenvalue weighted by molar-refractivity contribution is 5.81. The van der Waals surface area contributed by atoms with Crippen molar-refractivity contribution in [1.29, 1.82) is 0 Å². The van der Waals surface area contributed by atoms with Gasteiger partial charge < -0.3 is 5.32 Å². The molecule has 1 aliphatic heterocycles. The lowest BCUT2D eigenvalue weighted by Crippen LogP contribution is -2.46. The molecular weight excluding hydrogens is 264 g/mol. The van der Waals surface area contributed by atoms with Gasteiger partial charge in [-0.3, -0.25) is 14.8 Å². The van der Waals surface area contributed by atoms with Gasteiger partial charge in [-0.05, 0) is 30.5 Å². The van der Waals surface area contributed by atoms with Crippen LogP contribution in [0.5, 0.6) is 0 Å². The van der Waals surface area contributed by atoms with Gasteiger partial charge in [0, 0.05) is 19.3 Å². The van der Waals surface area contributed by atoms with Crippen LogP contribution in [0, 0.1) is 0 Å². The van der Waals surface area contributed by atoms with Crippen LogP contribution in [0.25, 0.3) is 0 Å². The average molecular weight is 284 g/mol. The fourth-order valence-corrected chi connectivity index (χ4v) is 2.73. The van der Waals surface area contributed by atoms with Crippen LogP contribution < -0.4 is 5.32 Å². The lowest BCUT2D eigenvalue weighted by Gasteiger charge is -2.32. The maximum atomic E-state index is 12.3. The number of benzene rings is 1. The lowest BCUT2D eigenvalue weighted by molar-refractivity contribution is -0.126. The van der Waals surface area contributed by atoms with E-state index in [1.807, 2.05) is 13.0 Å². The molecule has 3 rings (SSSR count). The average Bonchev–Trinajstić information content (AvgIpc) is 3.05. The SMILES string of the molecule is C[C@@H](C(=O)NCc1ccn[nH]1)N1CCc2ccccc2C1. The first-order chi connectivity index (χ1) is 10.2. The Kier molecular flexibility index (Phi) is 4.01. The molecule has 0 fully saturated rings. The summed E-state index contributed by atoms with van der Waals surface area (Å²) >= 11 is 0. The van der Waals surface area contributed by atoms with Crippen LogP contribution in [0.15, 0.2) is 36.5 Å². The number of aromatic nitrogens is 2. The number of carbonyl (C=O) groups is 1. The predicted molar refractivity (Wildman–Crippen MR) is 80.5 cm³/mol. The van der Waals surface area contributed by atoms with E-state index in [4.69, 9.17) is 0 Å². The second-order valence-corrected chi connectivity index (χ2v) is 5.46. The van der Waals surface area contributed by atoms with Crippen molar-refractivity contribution in [2.24, 2.45) is 0 Å². The summed E-state index contributed by atoms with van der Waals surface area (Å²) in [7, 11) is 0. The molecule has 0 saturated carbocycles. The third-order valence-electron chi connectivity index (χ3n) is 4.10. The molecular formula is C16H20N4O. The summed E-state index contributed by atoms with van der Waals surface area (Å²) in [5.41, 5.74) is 3.65. The Balaban J connectivity index is 1.58. The van der Waals surface area contributed by atoms with Crippen LogP contribution >= 0.6 is 0 Å². The Morgan fingerprint density at radius 1 is 1.38 bits per heavy atom. The van der Waals surface area contributed by atoms with Gasteiger partial charge in [-0.25, -0.2) is 0 Å². The van der Waals surface area contributed by atoms with Gasteiger partial charge in [0.15, 0.2) is 0 Å². The van der Waals surface area contributed by atoms with Crippen molar-refractivity contribution in [2.75, 3.05) is 6.54 Å². The summed E-state index contributed by atoms with van der Waals surface area (Å²) in [6, 6.07) is 10.2. The zero-order valence-electron chi connectivity index (χ0n) is 12.2. The highest BCUT2D eigenvalue weighted by Gasteiger charge is 2.24. The summed E-state index contributed by atoms with van der Waals surface area (Å²) in [4.78, 5) is 14.5. The van der Waals surface area contributed by atoms with Gasteiger partial charge in [0.25, 0.3) is 0 Å². The highest BCUT2D eigenvalue weighted by Crippen LogP contribution is 2.20. The first-order valence-electron chi connectivity index (χ1n) is 7.31. The van der Waals surface area contributed by atoms with E-state index in [0.717, 1.165) is 25.2 Å². The van der Waals surface area contributed by atoms with Gasteiger partial charge in [0.2, 0.25) is 5.91 Å². The Morgan fingerprint density at radius 3 is 2.95 bits per heavy atom. The van der Waals surface area contributed by atoms with Crippen molar-refractivity contribution in [1.82, 2.24) is 20.4 Å².